The van der Waals surface area contributed by atoms with Gasteiger partial charge in [-0.2, -0.15) is 0 Å². The predicted molar refractivity (Wildman–Crippen MR) is 102 cm³/mol. The Bertz CT molecular complexity index is 881. The van der Waals surface area contributed by atoms with E-state index in [0.717, 1.165) is 0 Å². The average Bonchev–Trinajstić information content (AvgIpc) is 2.55. The number of nitrogens with one attached hydrogen (secondary N) is 2. The van der Waals surface area contributed by atoms with Gasteiger partial charge in [0.1, 0.15) is 11.3 Å². The number of thiocarbonyl (C=S) groups is 1. The van der Waals surface area contributed by atoms with E-state index in [0.29, 0.717) is 0 Å². The van der Waals surface area contributed by atoms with Gasteiger partial charge in [-0.3, -0.25) is 10.1 Å². The Balaban J connectivity index is 2.12. The van der Waals surface area contributed by atoms with Crippen molar-refractivity contribution in [3.63, 3.8) is 0 Å². The molecule has 4 N–H and O–H groups in total. The van der Waals surface area contributed by atoms with Crippen LogP contribution in [0.15, 0.2) is 30.3 Å². The second-order valence-corrected chi connectivity index (χ2v) is 6.14. The van der Waals surface area contributed by atoms with Gasteiger partial charge in [0, 0.05) is 11.3 Å². The summed E-state index contributed by atoms with van der Waals surface area (Å²) >= 11 is 17.0. The molecule has 1 amide bonds. The van der Waals surface area contributed by atoms with Crippen molar-refractivity contribution in [3.05, 3.63) is 51.5 Å². The molecule has 0 radical (unpaired) electrons. The first-order valence-corrected chi connectivity index (χ1v) is 8.11. The molecule has 0 saturated carbocycles. The fourth-order valence-electron chi connectivity index (χ4n) is 2.01. The lowest BCUT2D eigenvalue weighted by atomic mass is 10.2. The number of methoxy groups -OCH3 is 1. The van der Waals surface area contributed by atoms with Gasteiger partial charge in [0.2, 0.25) is 0 Å². The smallest absolute Gasteiger partial charge is 0.339 e. The lowest BCUT2D eigenvalue weighted by molar-refractivity contribution is 0.0693. The number of rotatable bonds is 4. The van der Waals surface area contributed by atoms with Crippen LogP contribution in [0.25, 0.3) is 0 Å². The minimum absolute atomic E-state index is 0.0832. The van der Waals surface area contributed by atoms with Crippen molar-refractivity contribution >= 4 is 58.1 Å². The van der Waals surface area contributed by atoms with E-state index < -0.39 is 11.9 Å². The Labute approximate surface area is 163 Å². The first-order chi connectivity index (χ1) is 12.2. The normalized spacial score (nSPS) is 10.1. The molecular formula is C16H12Cl2N2O5S. The van der Waals surface area contributed by atoms with Gasteiger partial charge in [-0.1, -0.05) is 23.2 Å². The van der Waals surface area contributed by atoms with E-state index in [-0.39, 0.29) is 43.5 Å². The van der Waals surface area contributed by atoms with Crippen LogP contribution >= 0.6 is 35.4 Å². The van der Waals surface area contributed by atoms with Crippen LogP contribution in [-0.2, 0) is 0 Å². The van der Waals surface area contributed by atoms with Crippen LogP contribution in [0.5, 0.6) is 11.5 Å². The third kappa shape index (κ3) is 4.54. The zero-order chi connectivity index (χ0) is 19.4. The van der Waals surface area contributed by atoms with Gasteiger partial charge >= 0.3 is 5.97 Å². The van der Waals surface area contributed by atoms with E-state index in [4.69, 9.17) is 45.3 Å². The molecule has 10 heteroatoms. The summed E-state index contributed by atoms with van der Waals surface area (Å²) in [5.74, 6) is -2.02. The maximum Gasteiger partial charge on any atom is 0.339 e. The van der Waals surface area contributed by atoms with E-state index >= 15 is 0 Å². The highest BCUT2D eigenvalue weighted by molar-refractivity contribution is 7.80. The second-order valence-electron chi connectivity index (χ2n) is 4.92. The largest absolute Gasteiger partial charge is 0.507 e. The molecule has 0 unspecified atom stereocenters. The van der Waals surface area contributed by atoms with Gasteiger partial charge in [-0.15, -0.1) is 0 Å². The topological polar surface area (TPSA) is 108 Å². The zero-order valence-electron chi connectivity index (χ0n) is 13.2. The van der Waals surface area contributed by atoms with Gasteiger partial charge < -0.3 is 20.3 Å². The highest BCUT2D eigenvalue weighted by Gasteiger charge is 2.15. The predicted octanol–water partition coefficient (Wildman–Crippen LogP) is 3.53. The number of aromatic carboxylic acids is 1. The molecule has 0 aliphatic rings. The summed E-state index contributed by atoms with van der Waals surface area (Å²) in [5, 5.41) is 23.8. The molecule has 0 heterocycles. The number of carboxylic acids is 1. The molecule has 0 saturated heterocycles. The average molecular weight is 415 g/mol. The fraction of sp³-hybridized carbons (Fsp3) is 0.0625. The summed E-state index contributed by atoms with van der Waals surface area (Å²) < 4.78 is 5.01. The van der Waals surface area contributed by atoms with Crippen molar-refractivity contribution in [1.29, 1.82) is 0 Å². The first kappa shape index (κ1) is 19.8. The number of halogens is 2. The number of ether oxygens (including phenoxy) is 1. The summed E-state index contributed by atoms with van der Waals surface area (Å²) in [6.45, 7) is 0. The number of carbonyl (C=O) groups is 2. The SMILES string of the molecule is COc1c(Cl)cc(C(=O)NC(=S)Nc2ccc(O)c(C(=O)O)c2)cc1Cl. The molecule has 0 spiro atoms. The van der Waals surface area contributed by atoms with Crippen molar-refractivity contribution in [2.24, 2.45) is 0 Å². The number of carboxylic acid groups (broad SMARTS) is 1. The Kier molecular flexibility index (Phi) is 6.25. The number of hydrogen-bond donors (Lipinski definition) is 4. The number of amides is 1. The number of aromatic hydroxyl groups is 1. The van der Waals surface area contributed by atoms with Gasteiger partial charge in [0.05, 0.1) is 17.2 Å². The molecule has 2 aromatic rings. The van der Waals surface area contributed by atoms with E-state index in [2.05, 4.69) is 10.6 Å². The van der Waals surface area contributed by atoms with Crippen molar-refractivity contribution in [2.45, 2.75) is 0 Å². The van der Waals surface area contributed by atoms with Gasteiger partial charge in [-0.05, 0) is 42.5 Å². The van der Waals surface area contributed by atoms with E-state index in [1.165, 1.54) is 37.4 Å². The number of hydrogen-bond acceptors (Lipinski definition) is 5. The molecule has 0 fully saturated rings. The maximum absolute atomic E-state index is 12.2. The number of anilines is 1. The Morgan fingerprint density at radius 2 is 1.77 bits per heavy atom. The minimum atomic E-state index is -1.30. The molecule has 0 bridgehead atoms. The quantitative estimate of drug-likeness (QED) is 0.447. The summed E-state index contributed by atoms with van der Waals surface area (Å²) in [4.78, 5) is 23.3. The highest BCUT2D eigenvalue weighted by atomic mass is 35.5. The van der Waals surface area contributed by atoms with Crippen LogP contribution < -0.4 is 15.4 Å². The van der Waals surface area contributed by atoms with Crippen LogP contribution in [0.4, 0.5) is 5.69 Å². The second kappa shape index (κ2) is 8.22. The maximum atomic E-state index is 12.2. The van der Waals surface area contributed by atoms with E-state index in [9.17, 15) is 14.7 Å². The van der Waals surface area contributed by atoms with Crippen molar-refractivity contribution in [1.82, 2.24) is 5.32 Å². The molecule has 0 aromatic heterocycles. The molecule has 7 nitrogen and oxygen atoms in total. The van der Waals surface area contributed by atoms with Crippen LogP contribution in [0.1, 0.15) is 20.7 Å². The van der Waals surface area contributed by atoms with Crippen molar-refractivity contribution in [3.8, 4) is 11.5 Å². The Morgan fingerprint density at radius 3 is 2.31 bits per heavy atom. The Hall–Kier alpha value is -2.55. The monoisotopic (exact) mass is 414 g/mol. The number of phenols is 1. The van der Waals surface area contributed by atoms with Crippen LogP contribution in [0.3, 0.4) is 0 Å². The Morgan fingerprint density at radius 1 is 1.15 bits per heavy atom. The molecule has 2 aromatic carbocycles. The van der Waals surface area contributed by atoms with Crippen LogP contribution in [0.2, 0.25) is 10.0 Å². The lowest BCUT2D eigenvalue weighted by Gasteiger charge is -2.12. The fourth-order valence-corrected chi connectivity index (χ4v) is 2.86. The van der Waals surface area contributed by atoms with Crippen LogP contribution in [-0.4, -0.2) is 34.3 Å². The van der Waals surface area contributed by atoms with Gasteiger partial charge in [0.25, 0.3) is 5.91 Å². The summed E-state index contributed by atoms with van der Waals surface area (Å²) in [6.07, 6.45) is 0. The first-order valence-electron chi connectivity index (χ1n) is 6.94. The van der Waals surface area contributed by atoms with Crippen molar-refractivity contribution < 1.29 is 24.5 Å². The molecule has 136 valence electrons. The van der Waals surface area contributed by atoms with E-state index in [1.807, 2.05) is 0 Å². The summed E-state index contributed by atoms with van der Waals surface area (Å²) in [6, 6.07) is 6.51. The molecule has 2 rings (SSSR count). The third-order valence-electron chi connectivity index (χ3n) is 3.18. The zero-order valence-corrected chi connectivity index (χ0v) is 15.5. The molecule has 0 aliphatic carbocycles. The van der Waals surface area contributed by atoms with Gasteiger partial charge in [-0.25, -0.2) is 4.79 Å². The lowest BCUT2D eigenvalue weighted by Crippen LogP contribution is -2.34. The standard InChI is InChI=1S/C16H12Cl2N2O5S/c1-25-13-10(17)4-7(5-11(13)18)14(22)20-16(26)19-8-2-3-12(21)9(6-8)15(23)24/h2-6,21H,1H3,(H,23,24)(H2,19,20,22,26). The van der Waals surface area contributed by atoms with Crippen molar-refractivity contribution in [2.75, 3.05) is 12.4 Å². The molecule has 0 aliphatic heterocycles. The number of benzene rings is 2. The molecule has 26 heavy (non-hydrogen) atoms. The van der Waals surface area contributed by atoms with E-state index in [1.54, 1.807) is 0 Å². The minimum Gasteiger partial charge on any atom is -0.507 e. The molecule has 0 atom stereocenters. The molecular weight excluding hydrogens is 403 g/mol. The summed E-state index contributed by atoms with van der Waals surface area (Å²) in [7, 11) is 1.40. The summed E-state index contributed by atoms with van der Waals surface area (Å²) in [5.41, 5.74) is 0.121. The highest BCUT2D eigenvalue weighted by Crippen LogP contribution is 2.33. The van der Waals surface area contributed by atoms with Crippen LogP contribution in [0, 0.1) is 0 Å². The number of carbonyl (C=O) groups excluding carboxylic acids is 1. The third-order valence-corrected chi connectivity index (χ3v) is 3.94. The van der Waals surface area contributed by atoms with Gasteiger partial charge in [0.15, 0.2) is 10.9 Å².